The molecule has 1 heterocycles. The predicted molar refractivity (Wildman–Crippen MR) is 92.2 cm³/mol. The zero-order chi connectivity index (χ0) is 18.9. The second kappa shape index (κ2) is 7.14. The molecule has 5 nitrogen and oxygen atoms in total. The highest BCUT2D eigenvalue weighted by Crippen LogP contribution is 2.38. The molecule has 1 aromatic carbocycles. The van der Waals surface area contributed by atoms with Gasteiger partial charge in [0.2, 0.25) is 5.91 Å². The maximum Gasteiger partial charge on any atom is 0.446 e. The highest BCUT2D eigenvalue weighted by Gasteiger charge is 2.29. The lowest BCUT2D eigenvalue weighted by Gasteiger charge is -2.15. The monoisotopic (exact) mass is 383 g/mol. The van der Waals surface area contributed by atoms with E-state index in [2.05, 4.69) is 10.4 Å². The van der Waals surface area contributed by atoms with Crippen LogP contribution in [-0.4, -0.2) is 21.2 Å². The van der Waals surface area contributed by atoms with Crippen LogP contribution in [0, 0.1) is 0 Å². The lowest BCUT2D eigenvalue weighted by Crippen LogP contribution is -2.33. The molecule has 0 bridgehead atoms. The summed E-state index contributed by atoms with van der Waals surface area (Å²) in [4.78, 5) is 24.4. The molecule has 0 saturated heterocycles. The van der Waals surface area contributed by atoms with Crippen molar-refractivity contribution in [3.8, 4) is 0 Å². The Kier molecular flexibility index (Phi) is 5.08. The lowest BCUT2D eigenvalue weighted by atomic mass is 10.2. The first-order chi connectivity index (χ1) is 12.2. The van der Waals surface area contributed by atoms with E-state index >= 15 is 0 Å². The fourth-order valence-corrected chi connectivity index (χ4v) is 2.95. The molecule has 1 N–H and O–H groups in total. The molecule has 0 spiro atoms. The molecule has 1 aliphatic carbocycles. The van der Waals surface area contributed by atoms with Gasteiger partial charge in [-0.2, -0.15) is 18.3 Å². The predicted octanol–water partition coefficient (Wildman–Crippen LogP) is 3.93. The number of alkyl halides is 3. The van der Waals surface area contributed by atoms with Gasteiger partial charge in [-0.05, 0) is 61.9 Å². The van der Waals surface area contributed by atoms with Crippen LogP contribution in [0.1, 0.15) is 37.4 Å². The van der Waals surface area contributed by atoms with Crippen LogP contribution < -0.4 is 10.9 Å². The van der Waals surface area contributed by atoms with Gasteiger partial charge in [-0.1, -0.05) is 0 Å². The van der Waals surface area contributed by atoms with E-state index in [1.165, 1.54) is 30.3 Å². The van der Waals surface area contributed by atoms with Gasteiger partial charge in [0.15, 0.2) is 0 Å². The first kappa shape index (κ1) is 18.5. The van der Waals surface area contributed by atoms with E-state index in [1.807, 2.05) is 0 Å². The fraction of sp³-hybridized carbons (Fsp3) is 0.353. The Morgan fingerprint density at radius 1 is 1.23 bits per heavy atom. The molecule has 1 amide bonds. The highest BCUT2D eigenvalue weighted by atomic mass is 32.2. The minimum absolute atomic E-state index is 0.0265. The number of aromatic nitrogens is 2. The van der Waals surface area contributed by atoms with Crippen LogP contribution >= 0.6 is 11.8 Å². The van der Waals surface area contributed by atoms with Crippen molar-refractivity contribution in [2.45, 2.75) is 42.1 Å². The fourth-order valence-electron chi connectivity index (χ4n) is 2.41. The first-order valence-corrected chi connectivity index (χ1v) is 8.81. The van der Waals surface area contributed by atoms with E-state index < -0.39 is 17.5 Å². The maximum absolute atomic E-state index is 12.4. The Balaban J connectivity index is 1.69. The second-order valence-corrected chi connectivity index (χ2v) is 7.19. The van der Waals surface area contributed by atoms with Gasteiger partial charge >= 0.3 is 5.51 Å². The third-order valence-electron chi connectivity index (χ3n) is 3.94. The molecule has 138 valence electrons. The van der Waals surface area contributed by atoms with E-state index in [4.69, 9.17) is 0 Å². The number of nitrogens with zero attached hydrogens (tertiary/aromatic N) is 2. The third-order valence-corrected chi connectivity index (χ3v) is 4.68. The number of rotatable bonds is 5. The van der Waals surface area contributed by atoms with E-state index in [0.29, 0.717) is 11.6 Å². The molecule has 26 heavy (non-hydrogen) atoms. The number of carbonyl (C=O) groups excluding carboxylic acids is 1. The van der Waals surface area contributed by atoms with Crippen molar-refractivity contribution < 1.29 is 18.0 Å². The maximum atomic E-state index is 12.4. The number of amides is 1. The molecule has 1 aliphatic rings. The number of nitrogens with one attached hydrogen (secondary N) is 1. The van der Waals surface area contributed by atoms with E-state index in [1.54, 1.807) is 13.0 Å². The molecule has 3 rings (SSSR count). The van der Waals surface area contributed by atoms with Crippen molar-refractivity contribution in [2.75, 3.05) is 5.32 Å². The number of thioether (sulfide) groups is 1. The Labute approximate surface area is 151 Å². The summed E-state index contributed by atoms with van der Waals surface area (Å²) >= 11 is -0.225. The zero-order valence-corrected chi connectivity index (χ0v) is 14.6. The quantitative estimate of drug-likeness (QED) is 0.795. The Bertz CT molecular complexity index is 861. The summed E-state index contributed by atoms with van der Waals surface area (Å²) in [6.45, 7) is 1.55. The summed E-state index contributed by atoms with van der Waals surface area (Å²) in [7, 11) is 0. The van der Waals surface area contributed by atoms with Crippen molar-refractivity contribution >= 4 is 23.4 Å². The number of hydrogen-bond acceptors (Lipinski definition) is 4. The molecule has 0 radical (unpaired) electrons. The Hall–Kier alpha value is -2.29. The molecule has 1 fully saturated rings. The summed E-state index contributed by atoms with van der Waals surface area (Å²) < 4.78 is 38.1. The molecular weight excluding hydrogens is 367 g/mol. The van der Waals surface area contributed by atoms with Crippen molar-refractivity contribution in [3.05, 3.63) is 52.4 Å². The van der Waals surface area contributed by atoms with Crippen molar-refractivity contribution in [1.29, 1.82) is 0 Å². The summed E-state index contributed by atoms with van der Waals surface area (Å²) in [5.41, 5.74) is -3.61. The largest absolute Gasteiger partial charge is 0.446 e. The molecule has 9 heteroatoms. The number of anilines is 1. The van der Waals surface area contributed by atoms with Crippen LogP contribution in [0.3, 0.4) is 0 Å². The molecule has 1 unspecified atom stereocenters. The van der Waals surface area contributed by atoms with Crippen LogP contribution in [0.5, 0.6) is 0 Å². The average Bonchev–Trinajstić information content (AvgIpc) is 3.40. The van der Waals surface area contributed by atoms with Gasteiger partial charge in [0.05, 0.1) is 5.69 Å². The van der Waals surface area contributed by atoms with Crippen LogP contribution in [-0.2, 0) is 4.79 Å². The lowest BCUT2D eigenvalue weighted by molar-refractivity contribution is -0.119. The Morgan fingerprint density at radius 3 is 2.46 bits per heavy atom. The zero-order valence-electron chi connectivity index (χ0n) is 13.8. The van der Waals surface area contributed by atoms with Gasteiger partial charge in [0.1, 0.15) is 6.04 Å². The van der Waals surface area contributed by atoms with E-state index in [9.17, 15) is 22.8 Å². The van der Waals surface area contributed by atoms with Gasteiger partial charge in [-0.3, -0.25) is 9.59 Å². The molecule has 1 atom stereocenters. The molecule has 1 saturated carbocycles. The van der Waals surface area contributed by atoms with Crippen LogP contribution in [0.2, 0.25) is 0 Å². The SMILES string of the molecule is CC(C(=O)Nc1ccc(SC(F)(F)F)cc1)n1nc(C2CC2)ccc1=O. The van der Waals surface area contributed by atoms with Crippen LogP contribution in [0.4, 0.5) is 18.9 Å². The molecule has 1 aromatic heterocycles. The average molecular weight is 383 g/mol. The number of hydrogen-bond donors (Lipinski definition) is 1. The van der Waals surface area contributed by atoms with Gasteiger partial charge in [0, 0.05) is 22.6 Å². The van der Waals surface area contributed by atoms with Crippen molar-refractivity contribution in [2.24, 2.45) is 0 Å². The summed E-state index contributed by atoms with van der Waals surface area (Å²) in [6, 6.07) is 7.55. The smallest absolute Gasteiger partial charge is 0.324 e. The number of carbonyl (C=O) groups is 1. The van der Waals surface area contributed by atoms with Gasteiger partial charge < -0.3 is 5.32 Å². The standard InChI is InChI=1S/C17H16F3N3O2S/c1-10(23-15(24)9-8-14(22-23)11-2-3-11)16(25)21-12-4-6-13(7-5-12)26-17(18,19)20/h4-11H,2-3H2,1H3,(H,21,25). The van der Waals surface area contributed by atoms with Gasteiger partial charge in [-0.25, -0.2) is 4.68 Å². The van der Waals surface area contributed by atoms with Crippen LogP contribution in [0.25, 0.3) is 0 Å². The van der Waals surface area contributed by atoms with Gasteiger partial charge in [0.25, 0.3) is 5.56 Å². The normalized spacial score (nSPS) is 15.5. The Morgan fingerprint density at radius 2 is 1.88 bits per heavy atom. The van der Waals surface area contributed by atoms with Crippen molar-refractivity contribution in [1.82, 2.24) is 9.78 Å². The third kappa shape index (κ3) is 4.66. The van der Waals surface area contributed by atoms with Crippen LogP contribution in [0.15, 0.2) is 46.1 Å². The summed E-state index contributed by atoms with van der Waals surface area (Å²) in [5, 5.41) is 6.86. The highest BCUT2D eigenvalue weighted by molar-refractivity contribution is 8.00. The number of halogens is 3. The minimum atomic E-state index is -4.36. The summed E-state index contributed by atoms with van der Waals surface area (Å²) in [6.07, 6.45) is 2.04. The minimum Gasteiger partial charge on any atom is -0.324 e. The summed E-state index contributed by atoms with van der Waals surface area (Å²) in [5.74, 6) is -0.125. The number of benzene rings is 1. The molecule has 0 aliphatic heterocycles. The van der Waals surface area contributed by atoms with E-state index in [-0.39, 0.29) is 22.2 Å². The van der Waals surface area contributed by atoms with Crippen molar-refractivity contribution in [3.63, 3.8) is 0 Å². The molecule has 2 aromatic rings. The molecular formula is C17H16F3N3O2S. The van der Waals surface area contributed by atoms with E-state index in [0.717, 1.165) is 23.2 Å². The second-order valence-electron chi connectivity index (χ2n) is 6.05. The van der Waals surface area contributed by atoms with Gasteiger partial charge in [-0.15, -0.1) is 0 Å². The topological polar surface area (TPSA) is 64.0 Å². The first-order valence-electron chi connectivity index (χ1n) is 7.99.